The van der Waals surface area contributed by atoms with Crippen molar-refractivity contribution >= 4 is 5.97 Å². The molecule has 7 heteroatoms. The van der Waals surface area contributed by atoms with Crippen molar-refractivity contribution in [1.82, 2.24) is 0 Å². The van der Waals surface area contributed by atoms with E-state index in [-0.39, 0.29) is 6.61 Å². The maximum absolute atomic E-state index is 11.4. The Labute approximate surface area is 125 Å². The van der Waals surface area contributed by atoms with Gasteiger partial charge in [0.2, 0.25) is 0 Å². The maximum Gasteiger partial charge on any atom is 0.303 e. The molecule has 1 fully saturated rings. The van der Waals surface area contributed by atoms with Gasteiger partial charge in [0.1, 0.15) is 18.3 Å². The summed E-state index contributed by atoms with van der Waals surface area (Å²) in [5.41, 5.74) is 0. The average Bonchev–Trinajstić information content (AvgIpc) is 2.43. The highest BCUT2D eigenvalue weighted by atomic mass is 16.7. The molecular weight excluding hydrogens is 280 g/mol. The fraction of sp³-hybridized carbons (Fsp3) is 0.929. The summed E-state index contributed by atoms with van der Waals surface area (Å²) in [5.74, 6) is -0.460. The molecule has 0 saturated carbocycles. The zero-order chi connectivity index (χ0) is 15.8. The summed E-state index contributed by atoms with van der Waals surface area (Å²) in [7, 11) is 0. The standard InChI is InChI=1S/C14H26O7/c1-5-17-8-10-11(18-6-2)12(20-9(4)15)13(19-7-3)14(16)21-10/h10-14,16H,5-8H2,1-4H3. The minimum atomic E-state index is -1.20. The Hall–Kier alpha value is -0.730. The van der Waals surface area contributed by atoms with Crippen LogP contribution in [0.2, 0.25) is 0 Å². The summed E-state index contributed by atoms with van der Waals surface area (Å²) in [6, 6.07) is 0. The monoisotopic (exact) mass is 306 g/mol. The molecule has 5 atom stereocenters. The Morgan fingerprint density at radius 2 is 1.67 bits per heavy atom. The lowest BCUT2D eigenvalue weighted by Crippen LogP contribution is -2.61. The first kappa shape index (κ1) is 18.3. The van der Waals surface area contributed by atoms with Crippen LogP contribution in [-0.2, 0) is 28.5 Å². The Morgan fingerprint density at radius 3 is 2.19 bits per heavy atom. The summed E-state index contributed by atoms with van der Waals surface area (Å²) in [6.45, 7) is 8.34. The minimum Gasteiger partial charge on any atom is -0.457 e. The Bertz CT molecular complexity index is 310. The zero-order valence-electron chi connectivity index (χ0n) is 13.1. The second-order valence-electron chi connectivity index (χ2n) is 4.64. The lowest BCUT2D eigenvalue weighted by atomic mass is 9.98. The molecule has 21 heavy (non-hydrogen) atoms. The molecule has 1 N–H and O–H groups in total. The van der Waals surface area contributed by atoms with Gasteiger partial charge in [-0.15, -0.1) is 0 Å². The molecule has 0 radical (unpaired) electrons. The summed E-state index contributed by atoms with van der Waals surface area (Å²) >= 11 is 0. The molecule has 0 bridgehead atoms. The highest BCUT2D eigenvalue weighted by molar-refractivity contribution is 5.66. The molecule has 1 aliphatic rings. The fourth-order valence-electron chi connectivity index (χ4n) is 2.35. The van der Waals surface area contributed by atoms with Gasteiger partial charge in [0.25, 0.3) is 0 Å². The van der Waals surface area contributed by atoms with E-state index in [1.54, 1.807) is 6.92 Å². The maximum atomic E-state index is 11.4. The van der Waals surface area contributed by atoms with Gasteiger partial charge in [-0.05, 0) is 20.8 Å². The third-order valence-corrected chi connectivity index (χ3v) is 3.12. The quantitative estimate of drug-likeness (QED) is 0.653. The fourth-order valence-corrected chi connectivity index (χ4v) is 2.35. The predicted octanol–water partition coefficient (Wildman–Crippen LogP) is 0.482. The van der Waals surface area contributed by atoms with Crippen molar-refractivity contribution in [3.05, 3.63) is 0 Å². The van der Waals surface area contributed by atoms with Gasteiger partial charge in [-0.3, -0.25) is 4.79 Å². The third-order valence-electron chi connectivity index (χ3n) is 3.12. The molecule has 0 aromatic rings. The van der Waals surface area contributed by atoms with Gasteiger partial charge in [0, 0.05) is 26.7 Å². The van der Waals surface area contributed by atoms with E-state index in [4.69, 9.17) is 23.7 Å². The molecule has 7 nitrogen and oxygen atoms in total. The van der Waals surface area contributed by atoms with E-state index in [0.29, 0.717) is 19.8 Å². The van der Waals surface area contributed by atoms with E-state index in [2.05, 4.69) is 0 Å². The molecule has 0 aliphatic carbocycles. The number of rotatable bonds is 8. The predicted molar refractivity (Wildman–Crippen MR) is 73.8 cm³/mol. The number of esters is 1. The van der Waals surface area contributed by atoms with E-state index in [1.807, 2.05) is 13.8 Å². The van der Waals surface area contributed by atoms with Gasteiger partial charge in [0.15, 0.2) is 12.4 Å². The number of carbonyl (C=O) groups is 1. The van der Waals surface area contributed by atoms with Crippen molar-refractivity contribution < 1.29 is 33.6 Å². The van der Waals surface area contributed by atoms with Crippen LogP contribution in [-0.4, -0.2) is 68.2 Å². The second kappa shape index (κ2) is 9.32. The SMILES string of the molecule is CCOCC1OC(O)C(OCC)C(OC(C)=O)C1OCC. The van der Waals surface area contributed by atoms with E-state index in [0.717, 1.165) is 0 Å². The molecule has 0 aromatic carbocycles. The average molecular weight is 306 g/mol. The molecule has 1 heterocycles. The topological polar surface area (TPSA) is 83.5 Å². The molecule has 1 rings (SSSR count). The summed E-state index contributed by atoms with van der Waals surface area (Å²) in [5, 5.41) is 10.1. The summed E-state index contributed by atoms with van der Waals surface area (Å²) in [4.78, 5) is 11.4. The van der Waals surface area contributed by atoms with Crippen LogP contribution in [0.3, 0.4) is 0 Å². The lowest BCUT2D eigenvalue weighted by Gasteiger charge is -2.43. The van der Waals surface area contributed by atoms with Crippen molar-refractivity contribution in [2.24, 2.45) is 0 Å². The lowest BCUT2D eigenvalue weighted by molar-refractivity contribution is -0.305. The molecule has 0 amide bonds. The van der Waals surface area contributed by atoms with Crippen molar-refractivity contribution in [2.45, 2.75) is 58.4 Å². The van der Waals surface area contributed by atoms with Crippen molar-refractivity contribution in [3.8, 4) is 0 Å². The van der Waals surface area contributed by atoms with Crippen molar-refractivity contribution in [3.63, 3.8) is 0 Å². The molecular formula is C14H26O7. The first-order valence-electron chi connectivity index (χ1n) is 7.36. The third kappa shape index (κ3) is 5.19. The number of aliphatic hydroxyl groups excluding tert-OH is 1. The summed E-state index contributed by atoms with van der Waals surface area (Å²) < 4.78 is 27.3. The molecule has 124 valence electrons. The Balaban J connectivity index is 2.92. The number of ether oxygens (including phenoxy) is 5. The number of aliphatic hydroxyl groups is 1. The van der Waals surface area contributed by atoms with Crippen molar-refractivity contribution in [1.29, 1.82) is 0 Å². The second-order valence-corrected chi connectivity index (χ2v) is 4.64. The number of hydrogen-bond donors (Lipinski definition) is 1. The molecule has 1 aliphatic heterocycles. The van der Waals surface area contributed by atoms with E-state index in [1.165, 1.54) is 6.92 Å². The van der Waals surface area contributed by atoms with Crippen LogP contribution in [0, 0.1) is 0 Å². The van der Waals surface area contributed by atoms with Crippen LogP contribution >= 0.6 is 0 Å². The van der Waals surface area contributed by atoms with Crippen LogP contribution < -0.4 is 0 Å². The Morgan fingerprint density at radius 1 is 1.05 bits per heavy atom. The normalized spacial score (nSPS) is 32.9. The molecule has 5 unspecified atom stereocenters. The highest BCUT2D eigenvalue weighted by Crippen LogP contribution is 2.27. The van der Waals surface area contributed by atoms with Gasteiger partial charge in [0.05, 0.1) is 6.61 Å². The Kier molecular flexibility index (Phi) is 8.13. The van der Waals surface area contributed by atoms with Crippen LogP contribution in [0.25, 0.3) is 0 Å². The van der Waals surface area contributed by atoms with Crippen molar-refractivity contribution in [2.75, 3.05) is 26.4 Å². The summed E-state index contributed by atoms with van der Waals surface area (Å²) in [6.07, 6.45) is -3.80. The van der Waals surface area contributed by atoms with Gasteiger partial charge < -0.3 is 28.8 Å². The van der Waals surface area contributed by atoms with E-state index < -0.39 is 36.7 Å². The van der Waals surface area contributed by atoms with Crippen LogP contribution in [0.4, 0.5) is 0 Å². The first-order chi connectivity index (χ1) is 10.0. The molecule has 1 saturated heterocycles. The molecule has 0 spiro atoms. The minimum absolute atomic E-state index is 0.245. The number of carbonyl (C=O) groups excluding carboxylic acids is 1. The largest absolute Gasteiger partial charge is 0.457 e. The highest BCUT2D eigenvalue weighted by Gasteiger charge is 2.48. The van der Waals surface area contributed by atoms with Crippen LogP contribution in [0.15, 0.2) is 0 Å². The van der Waals surface area contributed by atoms with E-state index >= 15 is 0 Å². The van der Waals surface area contributed by atoms with Gasteiger partial charge in [-0.1, -0.05) is 0 Å². The van der Waals surface area contributed by atoms with Gasteiger partial charge >= 0.3 is 5.97 Å². The van der Waals surface area contributed by atoms with Crippen LogP contribution in [0.1, 0.15) is 27.7 Å². The zero-order valence-corrected chi connectivity index (χ0v) is 13.1. The van der Waals surface area contributed by atoms with Gasteiger partial charge in [-0.2, -0.15) is 0 Å². The smallest absolute Gasteiger partial charge is 0.303 e. The molecule has 0 aromatic heterocycles. The van der Waals surface area contributed by atoms with E-state index in [9.17, 15) is 9.90 Å². The van der Waals surface area contributed by atoms with Crippen LogP contribution in [0.5, 0.6) is 0 Å². The van der Waals surface area contributed by atoms with Gasteiger partial charge in [-0.25, -0.2) is 0 Å². The first-order valence-corrected chi connectivity index (χ1v) is 7.36. The number of hydrogen-bond acceptors (Lipinski definition) is 7.